The number of hydrogen-bond acceptors (Lipinski definition) is 3. The van der Waals surface area contributed by atoms with Crippen molar-refractivity contribution in [2.24, 2.45) is 0 Å². The third-order valence-electron chi connectivity index (χ3n) is 3.64. The normalized spacial score (nSPS) is 17.5. The fourth-order valence-electron chi connectivity index (χ4n) is 2.66. The summed E-state index contributed by atoms with van der Waals surface area (Å²) in [6, 6.07) is 4.64. The van der Waals surface area contributed by atoms with Crippen molar-refractivity contribution in [2.45, 2.75) is 38.6 Å². The number of nitrogen functional groups attached to an aromatic ring is 1. The molecule has 1 aliphatic carbocycles. The number of nitrogens with two attached hydrogens (primary N) is 1. The lowest BCUT2D eigenvalue weighted by atomic mass is 10.1. The van der Waals surface area contributed by atoms with Gasteiger partial charge in [0.1, 0.15) is 0 Å². The van der Waals surface area contributed by atoms with Crippen LogP contribution in [0.3, 0.4) is 0 Å². The van der Waals surface area contributed by atoms with Gasteiger partial charge in [0.2, 0.25) is 5.91 Å². The van der Waals surface area contributed by atoms with Gasteiger partial charge in [-0.3, -0.25) is 4.79 Å². The predicted molar refractivity (Wildman–Crippen MR) is 73.8 cm³/mol. The molecule has 3 N–H and O–H groups in total. The largest absolute Gasteiger partial charge is 0.397 e. The number of carbonyl (C=O) groups is 1. The lowest BCUT2D eigenvalue weighted by Gasteiger charge is -2.26. The molecule has 0 aromatic heterocycles. The zero-order valence-electron chi connectivity index (χ0n) is 10.7. The maximum atomic E-state index is 11.4. The Morgan fingerprint density at radius 3 is 2.89 bits per heavy atom. The van der Waals surface area contributed by atoms with Gasteiger partial charge in [0.05, 0.1) is 17.8 Å². The van der Waals surface area contributed by atoms with Gasteiger partial charge in [-0.25, -0.2) is 0 Å². The van der Waals surface area contributed by atoms with Crippen LogP contribution in [0.15, 0.2) is 12.1 Å². The van der Waals surface area contributed by atoms with Crippen LogP contribution in [0.5, 0.6) is 0 Å². The fraction of sp³-hybridized carbons (Fsp3) is 0.500. The van der Waals surface area contributed by atoms with Crippen LogP contribution in [0.25, 0.3) is 0 Å². The van der Waals surface area contributed by atoms with E-state index in [2.05, 4.69) is 17.1 Å². The molecule has 18 heavy (non-hydrogen) atoms. The van der Waals surface area contributed by atoms with Gasteiger partial charge >= 0.3 is 0 Å². The van der Waals surface area contributed by atoms with E-state index in [4.69, 9.17) is 5.73 Å². The van der Waals surface area contributed by atoms with Crippen LogP contribution in [-0.4, -0.2) is 18.5 Å². The third kappa shape index (κ3) is 1.92. The molecule has 1 heterocycles. The Bertz CT molecular complexity index is 494. The minimum Gasteiger partial charge on any atom is -0.397 e. The maximum Gasteiger partial charge on any atom is 0.228 e. The lowest BCUT2D eigenvalue weighted by Crippen LogP contribution is -2.27. The molecule has 4 nitrogen and oxygen atoms in total. The van der Waals surface area contributed by atoms with Crippen LogP contribution >= 0.6 is 0 Å². The van der Waals surface area contributed by atoms with Gasteiger partial charge in [-0.2, -0.15) is 0 Å². The van der Waals surface area contributed by atoms with E-state index in [1.54, 1.807) is 0 Å². The number of benzene rings is 1. The van der Waals surface area contributed by atoms with Gasteiger partial charge in [0.25, 0.3) is 0 Å². The van der Waals surface area contributed by atoms with Gasteiger partial charge in [-0.15, -0.1) is 0 Å². The van der Waals surface area contributed by atoms with Crippen LogP contribution in [0.4, 0.5) is 17.1 Å². The third-order valence-corrected chi connectivity index (χ3v) is 3.64. The minimum absolute atomic E-state index is 0.0648. The molecule has 0 bridgehead atoms. The number of amides is 1. The molecule has 0 unspecified atom stereocenters. The summed E-state index contributed by atoms with van der Waals surface area (Å²) in [4.78, 5) is 13.8. The highest BCUT2D eigenvalue weighted by atomic mass is 16.1. The fourth-order valence-corrected chi connectivity index (χ4v) is 2.66. The standard InChI is InChI=1S/C14H19N3O/c1-2-5-17(10-3-4-10)13-8-12-9(6-11(13)15)7-14(18)16-12/h6,8,10H,2-5,7,15H2,1H3,(H,16,18). The van der Waals surface area contributed by atoms with Crippen LogP contribution in [-0.2, 0) is 11.2 Å². The van der Waals surface area contributed by atoms with Crippen molar-refractivity contribution in [1.82, 2.24) is 0 Å². The van der Waals surface area contributed by atoms with Gasteiger partial charge < -0.3 is 16.0 Å². The van der Waals surface area contributed by atoms with E-state index < -0.39 is 0 Å². The summed E-state index contributed by atoms with van der Waals surface area (Å²) in [7, 11) is 0. The van der Waals surface area contributed by atoms with E-state index in [1.807, 2.05) is 12.1 Å². The first-order valence-electron chi connectivity index (χ1n) is 6.68. The molecule has 1 fully saturated rings. The van der Waals surface area contributed by atoms with E-state index in [0.717, 1.165) is 35.6 Å². The van der Waals surface area contributed by atoms with E-state index in [0.29, 0.717) is 12.5 Å². The number of carbonyl (C=O) groups excluding carboxylic acids is 1. The number of nitrogens with one attached hydrogen (secondary N) is 1. The minimum atomic E-state index is 0.0648. The van der Waals surface area contributed by atoms with E-state index in [-0.39, 0.29) is 5.91 Å². The zero-order valence-corrected chi connectivity index (χ0v) is 10.7. The number of anilines is 3. The Kier molecular flexibility index (Phi) is 2.65. The summed E-state index contributed by atoms with van der Waals surface area (Å²) >= 11 is 0. The predicted octanol–water partition coefficient (Wildman–Crippen LogP) is 2.14. The first kappa shape index (κ1) is 11.4. The first-order chi connectivity index (χ1) is 8.69. The van der Waals surface area contributed by atoms with Gasteiger partial charge in [-0.1, -0.05) is 6.92 Å². The number of hydrogen-bond donors (Lipinski definition) is 2. The van der Waals surface area contributed by atoms with Gasteiger partial charge in [0.15, 0.2) is 0 Å². The SMILES string of the molecule is CCCN(c1cc2c(cc1N)CC(=O)N2)C1CC1. The number of fused-ring (bicyclic) bond motifs is 1. The molecule has 2 aliphatic rings. The summed E-state index contributed by atoms with van der Waals surface area (Å²) in [5.41, 5.74) is 9.99. The Labute approximate surface area is 107 Å². The smallest absolute Gasteiger partial charge is 0.228 e. The van der Waals surface area contributed by atoms with Gasteiger partial charge in [-0.05, 0) is 37.0 Å². The van der Waals surface area contributed by atoms with Crippen LogP contribution in [0.2, 0.25) is 0 Å². The molecule has 1 amide bonds. The molecule has 0 saturated heterocycles. The second-order valence-electron chi connectivity index (χ2n) is 5.22. The van der Waals surface area contributed by atoms with Crippen LogP contribution in [0, 0.1) is 0 Å². The van der Waals surface area contributed by atoms with Crippen molar-refractivity contribution in [3.8, 4) is 0 Å². The average Bonchev–Trinajstić information content (AvgIpc) is 3.08. The quantitative estimate of drug-likeness (QED) is 0.799. The van der Waals surface area contributed by atoms with E-state index in [1.165, 1.54) is 12.8 Å². The molecule has 1 saturated carbocycles. The molecule has 1 aromatic rings. The first-order valence-corrected chi connectivity index (χ1v) is 6.68. The molecule has 1 aliphatic heterocycles. The van der Waals surface area contributed by atoms with Crippen molar-refractivity contribution in [3.63, 3.8) is 0 Å². The molecule has 0 radical (unpaired) electrons. The van der Waals surface area contributed by atoms with Crippen molar-refractivity contribution in [2.75, 3.05) is 22.5 Å². The molecule has 0 spiro atoms. The van der Waals surface area contributed by atoms with Crippen molar-refractivity contribution in [3.05, 3.63) is 17.7 Å². The zero-order chi connectivity index (χ0) is 12.7. The van der Waals surface area contributed by atoms with E-state index >= 15 is 0 Å². The molecular weight excluding hydrogens is 226 g/mol. The van der Waals surface area contributed by atoms with Crippen LogP contribution < -0.4 is 16.0 Å². The summed E-state index contributed by atoms with van der Waals surface area (Å²) in [5, 5.41) is 2.90. The number of nitrogens with zero attached hydrogens (tertiary/aromatic N) is 1. The second-order valence-corrected chi connectivity index (χ2v) is 5.22. The maximum absolute atomic E-state index is 11.4. The summed E-state index contributed by atoms with van der Waals surface area (Å²) in [5.74, 6) is 0.0648. The molecule has 0 atom stereocenters. The average molecular weight is 245 g/mol. The Morgan fingerprint density at radius 2 is 2.22 bits per heavy atom. The Hall–Kier alpha value is -1.71. The topological polar surface area (TPSA) is 58.4 Å². The lowest BCUT2D eigenvalue weighted by molar-refractivity contribution is -0.115. The van der Waals surface area contributed by atoms with Crippen LogP contribution in [0.1, 0.15) is 31.7 Å². The van der Waals surface area contributed by atoms with Gasteiger partial charge in [0, 0.05) is 18.3 Å². The Balaban J connectivity index is 1.96. The highest BCUT2D eigenvalue weighted by Crippen LogP contribution is 2.39. The molecule has 96 valence electrons. The molecule has 4 heteroatoms. The van der Waals surface area contributed by atoms with E-state index in [9.17, 15) is 4.79 Å². The number of rotatable bonds is 4. The molecule has 3 rings (SSSR count). The van der Waals surface area contributed by atoms with Crippen molar-refractivity contribution in [1.29, 1.82) is 0 Å². The highest BCUT2D eigenvalue weighted by Gasteiger charge is 2.31. The van der Waals surface area contributed by atoms with Crippen molar-refractivity contribution < 1.29 is 4.79 Å². The monoisotopic (exact) mass is 245 g/mol. The summed E-state index contributed by atoms with van der Waals surface area (Å²) in [6.07, 6.45) is 4.07. The second kappa shape index (κ2) is 4.19. The Morgan fingerprint density at radius 1 is 1.44 bits per heavy atom. The molecule has 1 aromatic carbocycles. The van der Waals surface area contributed by atoms with Crippen molar-refractivity contribution >= 4 is 23.0 Å². The molecular formula is C14H19N3O. The highest BCUT2D eigenvalue weighted by molar-refractivity contribution is 6.01. The summed E-state index contributed by atoms with van der Waals surface area (Å²) < 4.78 is 0. The summed E-state index contributed by atoms with van der Waals surface area (Å²) in [6.45, 7) is 3.21.